The van der Waals surface area contributed by atoms with E-state index in [0.29, 0.717) is 38.0 Å². The third-order valence-electron chi connectivity index (χ3n) is 6.11. The molecule has 172 valence electrons. The van der Waals surface area contributed by atoms with E-state index in [2.05, 4.69) is 11.1 Å². The van der Waals surface area contributed by atoms with E-state index in [1.165, 1.54) is 6.92 Å². The molecule has 0 aliphatic carbocycles. The van der Waals surface area contributed by atoms with Crippen molar-refractivity contribution in [1.82, 2.24) is 14.8 Å². The first-order chi connectivity index (χ1) is 15.6. The Hall–Kier alpha value is -3.61. The maximum atomic E-state index is 12.9. The zero-order valence-electron chi connectivity index (χ0n) is 17.9. The number of nitriles is 1. The summed E-state index contributed by atoms with van der Waals surface area (Å²) in [6.07, 6.45) is -4.22. The molecule has 10 heteroatoms. The number of aryl methyl sites for hydroxylation is 1. The van der Waals surface area contributed by atoms with Gasteiger partial charge in [-0.2, -0.15) is 18.4 Å². The summed E-state index contributed by atoms with van der Waals surface area (Å²) in [6, 6.07) is 11.1. The normalized spacial score (nSPS) is 17.7. The maximum Gasteiger partial charge on any atom is 0.433 e. The fourth-order valence-electron chi connectivity index (χ4n) is 4.28. The quantitative estimate of drug-likeness (QED) is 0.696. The highest BCUT2D eigenvalue weighted by atomic mass is 19.4. The summed E-state index contributed by atoms with van der Waals surface area (Å²) in [7, 11) is 0. The van der Waals surface area contributed by atoms with Crippen molar-refractivity contribution in [2.75, 3.05) is 19.6 Å². The van der Waals surface area contributed by atoms with Crippen molar-refractivity contribution >= 4 is 12.0 Å². The molecule has 1 aromatic heterocycles. The lowest BCUT2D eigenvalue weighted by Crippen LogP contribution is -2.48. The lowest BCUT2D eigenvalue weighted by molar-refractivity contribution is -0.141. The summed E-state index contributed by atoms with van der Waals surface area (Å²) < 4.78 is 44.2. The molecule has 0 atom stereocenters. The first-order valence-corrected chi connectivity index (χ1v) is 10.4. The summed E-state index contributed by atoms with van der Waals surface area (Å²) >= 11 is 0. The second-order valence-corrected chi connectivity index (χ2v) is 8.30. The second kappa shape index (κ2) is 8.39. The van der Waals surface area contributed by atoms with Crippen LogP contribution in [0.3, 0.4) is 0 Å². The number of hydrogen-bond acceptors (Lipinski definition) is 5. The first kappa shape index (κ1) is 22.6. The summed E-state index contributed by atoms with van der Waals surface area (Å²) in [5, 5.41) is 9.27. The van der Waals surface area contributed by atoms with Gasteiger partial charge in [0, 0.05) is 25.9 Å². The Balaban J connectivity index is 1.41. The molecule has 7 nitrogen and oxygen atoms in total. The number of benzene rings is 1. The molecule has 0 saturated carbocycles. The van der Waals surface area contributed by atoms with Crippen molar-refractivity contribution in [3.8, 4) is 6.07 Å². The fourth-order valence-corrected chi connectivity index (χ4v) is 4.28. The molecule has 4 rings (SSSR count). The van der Waals surface area contributed by atoms with Gasteiger partial charge in [0.2, 0.25) is 0 Å². The molecule has 3 heterocycles. The number of hydrogen-bond donors (Lipinski definition) is 0. The molecule has 2 aliphatic rings. The molecule has 0 unspecified atom stereocenters. The number of rotatable bonds is 3. The van der Waals surface area contributed by atoms with Gasteiger partial charge in [-0.05, 0) is 30.7 Å². The lowest BCUT2D eigenvalue weighted by atomic mass is 9.90. The molecule has 1 aromatic carbocycles. The van der Waals surface area contributed by atoms with Gasteiger partial charge in [0.05, 0.1) is 36.0 Å². The summed E-state index contributed by atoms with van der Waals surface area (Å²) in [5.74, 6) is -0.396. The molecule has 0 radical (unpaired) electrons. The minimum absolute atomic E-state index is 0.0183. The maximum absolute atomic E-state index is 12.9. The van der Waals surface area contributed by atoms with Gasteiger partial charge in [0.25, 0.3) is 5.91 Å². The van der Waals surface area contributed by atoms with Crippen LogP contribution in [0.15, 0.2) is 36.4 Å². The number of nitrogens with zero attached hydrogens (tertiary/aromatic N) is 4. The van der Waals surface area contributed by atoms with Gasteiger partial charge >= 0.3 is 12.3 Å². The van der Waals surface area contributed by atoms with Crippen LogP contribution in [0.5, 0.6) is 0 Å². The summed E-state index contributed by atoms with van der Waals surface area (Å²) in [6.45, 7) is 2.58. The third kappa shape index (κ3) is 4.49. The van der Waals surface area contributed by atoms with Crippen molar-refractivity contribution in [3.05, 3.63) is 64.5 Å². The molecule has 2 aliphatic heterocycles. The van der Waals surface area contributed by atoms with Gasteiger partial charge in [-0.1, -0.05) is 18.2 Å². The van der Waals surface area contributed by atoms with E-state index in [0.717, 1.165) is 17.7 Å². The van der Waals surface area contributed by atoms with Crippen LogP contribution in [0.1, 0.15) is 45.7 Å². The number of piperidine rings is 1. The highest BCUT2D eigenvalue weighted by Gasteiger charge is 2.47. The average Bonchev–Trinajstić information content (AvgIpc) is 3.07. The Morgan fingerprint density at radius 2 is 1.91 bits per heavy atom. The molecule has 0 N–H and O–H groups in total. The van der Waals surface area contributed by atoms with E-state index >= 15 is 0 Å². The number of aromatic nitrogens is 1. The largest absolute Gasteiger partial charge is 0.441 e. The van der Waals surface area contributed by atoms with Crippen molar-refractivity contribution in [2.45, 2.75) is 38.1 Å². The SMILES string of the molecule is Cc1nc(C(F)(F)F)ccc1C(=O)N1CCC2(CC1)CN(Cc1ccccc1C#N)C(=O)O2. The summed E-state index contributed by atoms with van der Waals surface area (Å²) in [4.78, 5) is 32.0. The minimum atomic E-state index is -4.57. The van der Waals surface area contributed by atoms with Gasteiger partial charge in [0.1, 0.15) is 11.3 Å². The predicted molar refractivity (Wildman–Crippen MR) is 110 cm³/mol. The van der Waals surface area contributed by atoms with E-state index in [1.54, 1.807) is 34.1 Å². The van der Waals surface area contributed by atoms with Crippen LogP contribution >= 0.6 is 0 Å². The standard InChI is InChI=1S/C23H21F3N4O3/c1-15-18(6-7-19(28-15)23(24,25)26)20(31)29-10-8-22(9-11-29)14-30(21(32)33-22)13-17-5-3-2-4-16(17)12-27/h2-7H,8-11,13-14H2,1H3. The predicted octanol–water partition coefficient (Wildman–Crippen LogP) is 3.91. The van der Waals surface area contributed by atoms with Crippen LogP contribution in [0, 0.1) is 18.3 Å². The van der Waals surface area contributed by atoms with Gasteiger partial charge in [-0.25, -0.2) is 9.78 Å². The van der Waals surface area contributed by atoms with E-state index in [1.807, 2.05) is 0 Å². The van der Waals surface area contributed by atoms with Crippen molar-refractivity contribution in [1.29, 1.82) is 5.26 Å². The number of ether oxygens (including phenoxy) is 1. The monoisotopic (exact) mass is 458 g/mol. The van der Waals surface area contributed by atoms with Gasteiger partial charge in [-0.15, -0.1) is 0 Å². The Bertz CT molecular complexity index is 1130. The van der Waals surface area contributed by atoms with Crippen LogP contribution in [0.25, 0.3) is 0 Å². The van der Waals surface area contributed by atoms with Crippen LogP contribution in [-0.2, 0) is 17.5 Å². The van der Waals surface area contributed by atoms with E-state index < -0.39 is 29.5 Å². The highest BCUT2D eigenvalue weighted by molar-refractivity contribution is 5.95. The fraction of sp³-hybridized carbons (Fsp3) is 0.391. The van der Waals surface area contributed by atoms with Crippen molar-refractivity contribution < 1.29 is 27.5 Å². The zero-order valence-corrected chi connectivity index (χ0v) is 17.9. The van der Waals surface area contributed by atoms with Crippen LogP contribution in [-0.4, -0.2) is 52.0 Å². The molecule has 33 heavy (non-hydrogen) atoms. The van der Waals surface area contributed by atoms with Crippen molar-refractivity contribution in [2.24, 2.45) is 0 Å². The summed E-state index contributed by atoms with van der Waals surface area (Å²) in [5.41, 5.74) is -0.408. The number of likely N-dealkylation sites (tertiary alicyclic amines) is 1. The number of alkyl halides is 3. The van der Waals surface area contributed by atoms with Crippen LogP contribution < -0.4 is 0 Å². The number of carbonyl (C=O) groups is 2. The van der Waals surface area contributed by atoms with Gasteiger partial charge in [-0.3, -0.25) is 9.69 Å². The van der Waals surface area contributed by atoms with E-state index in [9.17, 15) is 28.0 Å². The van der Waals surface area contributed by atoms with Gasteiger partial charge < -0.3 is 9.64 Å². The molecule has 2 fully saturated rings. The Kier molecular flexibility index (Phi) is 5.74. The molecular weight excluding hydrogens is 437 g/mol. The zero-order chi connectivity index (χ0) is 23.8. The van der Waals surface area contributed by atoms with Crippen molar-refractivity contribution in [3.63, 3.8) is 0 Å². The van der Waals surface area contributed by atoms with Gasteiger partial charge in [0.15, 0.2) is 0 Å². The molecule has 2 amide bonds. The van der Waals surface area contributed by atoms with E-state index in [4.69, 9.17) is 4.74 Å². The Morgan fingerprint density at radius 3 is 2.55 bits per heavy atom. The average molecular weight is 458 g/mol. The van der Waals surface area contributed by atoms with Crippen LogP contribution in [0.2, 0.25) is 0 Å². The smallest absolute Gasteiger partial charge is 0.433 e. The number of amides is 2. The lowest BCUT2D eigenvalue weighted by Gasteiger charge is -2.37. The number of halogens is 3. The molecule has 2 saturated heterocycles. The third-order valence-corrected chi connectivity index (χ3v) is 6.11. The highest BCUT2D eigenvalue weighted by Crippen LogP contribution is 2.35. The molecule has 0 bridgehead atoms. The van der Waals surface area contributed by atoms with Crippen LogP contribution in [0.4, 0.5) is 18.0 Å². The van der Waals surface area contributed by atoms with E-state index in [-0.39, 0.29) is 17.8 Å². The topological polar surface area (TPSA) is 86.5 Å². The molecule has 1 spiro atoms. The molecular formula is C23H21F3N4O3. The first-order valence-electron chi connectivity index (χ1n) is 10.4. The number of pyridine rings is 1. The Labute approximate surface area is 188 Å². The Morgan fingerprint density at radius 1 is 1.21 bits per heavy atom. The number of carbonyl (C=O) groups excluding carboxylic acids is 2. The second-order valence-electron chi connectivity index (χ2n) is 8.30. The molecule has 2 aromatic rings. The minimum Gasteiger partial charge on any atom is -0.441 e.